The molecule has 7 heteroatoms. The Labute approximate surface area is 205 Å². The molecule has 0 saturated carbocycles. The van der Waals surface area contributed by atoms with Crippen molar-refractivity contribution in [2.75, 3.05) is 6.61 Å². The lowest BCUT2D eigenvalue weighted by Gasteiger charge is -2.37. The first kappa shape index (κ1) is 27.9. The number of Topliss-reactive ketones (excluding diaryl/α,β-unsaturated/α-hetero) is 1. The summed E-state index contributed by atoms with van der Waals surface area (Å²) >= 11 is 0. The molecule has 34 heavy (non-hydrogen) atoms. The number of aromatic nitrogens is 1. The average Bonchev–Trinajstić information content (AvgIpc) is 3.09. The molecule has 0 aliphatic rings. The van der Waals surface area contributed by atoms with Crippen LogP contribution in [0.25, 0.3) is 10.9 Å². The van der Waals surface area contributed by atoms with Crippen LogP contribution in [0.15, 0.2) is 43.1 Å². The monoisotopic (exact) mass is 486 g/mol. The zero-order chi connectivity index (χ0) is 26.1. The number of alkyl carbamates (subject to hydrolysis) is 1. The molecule has 1 aromatic carbocycles. The number of ether oxygens (including phenoxy) is 1. The first-order chi connectivity index (χ1) is 15.4. The number of ketones is 1. The van der Waals surface area contributed by atoms with Gasteiger partial charge in [-0.1, -0.05) is 45.0 Å². The van der Waals surface area contributed by atoms with Crippen molar-refractivity contribution in [2.45, 2.75) is 90.7 Å². The molecule has 1 heterocycles. The van der Waals surface area contributed by atoms with Crippen LogP contribution < -0.4 is 5.32 Å². The summed E-state index contributed by atoms with van der Waals surface area (Å²) < 4.78 is 13.9. The van der Waals surface area contributed by atoms with Crippen molar-refractivity contribution >= 4 is 31.1 Å². The number of fused-ring (bicyclic) bond motifs is 1. The largest absolute Gasteiger partial charge is 0.444 e. The number of allylic oxidation sites excluding steroid dienone is 1. The van der Waals surface area contributed by atoms with Gasteiger partial charge in [-0.3, -0.25) is 4.79 Å². The number of hydrogen-bond acceptors (Lipinski definition) is 4. The number of nitrogens with one attached hydrogen (secondary N) is 1. The van der Waals surface area contributed by atoms with Crippen LogP contribution in [0.1, 0.15) is 65.7 Å². The Morgan fingerprint density at radius 2 is 1.68 bits per heavy atom. The molecule has 0 spiro atoms. The predicted octanol–water partition coefficient (Wildman–Crippen LogP) is 6.66. The fourth-order valence-electron chi connectivity index (χ4n) is 3.28. The number of hydrogen-bond donors (Lipinski definition) is 1. The van der Waals surface area contributed by atoms with E-state index >= 15 is 0 Å². The first-order valence-corrected chi connectivity index (χ1v) is 14.7. The van der Waals surface area contributed by atoms with Crippen LogP contribution in [0.5, 0.6) is 0 Å². The lowest BCUT2D eigenvalue weighted by molar-refractivity contribution is 0.0470. The van der Waals surface area contributed by atoms with Crippen LogP contribution in [0.4, 0.5) is 4.79 Å². The van der Waals surface area contributed by atoms with Crippen molar-refractivity contribution in [1.29, 1.82) is 0 Å². The van der Waals surface area contributed by atoms with E-state index in [2.05, 4.69) is 45.8 Å². The van der Waals surface area contributed by atoms with Gasteiger partial charge in [-0.25, -0.2) is 4.79 Å². The number of benzene rings is 1. The molecule has 1 amide bonds. The molecular weight excluding hydrogens is 444 g/mol. The van der Waals surface area contributed by atoms with E-state index in [1.54, 1.807) is 20.8 Å². The predicted molar refractivity (Wildman–Crippen MR) is 142 cm³/mol. The second-order valence-electron chi connectivity index (χ2n) is 11.9. The summed E-state index contributed by atoms with van der Waals surface area (Å²) in [6.45, 7) is 24.2. The molecule has 1 aromatic heterocycles. The number of amides is 1. The standard InChI is InChI=1S/C27H42N2O4Si/c1-12-27(8,9)29-17-20(19-15-13-14-16-22(19)29)23(30)21(28-24(31)33-25(2,3)4)18-32-34(10,11)26(5,6)7/h12-17,21H,1,18H2,2-11H3,(H,28,31)/t21-/m1/s1. The molecule has 0 saturated heterocycles. The van der Waals surface area contributed by atoms with Crippen molar-refractivity contribution < 1.29 is 18.8 Å². The molecule has 2 rings (SSSR count). The number of carbonyl (C=O) groups excluding carboxylic acids is 2. The lowest BCUT2D eigenvalue weighted by Crippen LogP contribution is -2.50. The van der Waals surface area contributed by atoms with Gasteiger partial charge in [0.15, 0.2) is 14.1 Å². The van der Waals surface area contributed by atoms with E-state index in [9.17, 15) is 9.59 Å². The number of rotatable bonds is 8. The van der Waals surface area contributed by atoms with Crippen LogP contribution in [0, 0.1) is 0 Å². The highest BCUT2D eigenvalue weighted by molar-refractivity contribution is 6.74. The van der Waals surface area contributed by atoms with E-state index in [0.717, 1.165) is 10.9 Å². The van der Waals surface area contributed by atoms with Gasteiger partial charge in [0, 0.05) is 22.7 Å². The zero-order valence-corrected chi connectivity index (χ0v) is 23.5. The third-order valence-corrected chi connectivity index (χ3v) is 11.0. The summed E-state index contributed by atoms with van der Waals surface area (Å²) in [7, 11) is -2.16. The Morgan fingerprint density at radius 1 is 1.09 bits per heavy atom. The molecule has 6 nitrogen and oxygen atoms in total. The zero-order valence-electron chi connectivity index (χ0n) is 22.5. The summed E-state index contributed by atoms with van der Waals surface area (Å²) in [6.07, 6.45) is 3.06. The average molecular weight is 487 g/mol. The van der Waals surface area contributed by atoms with Gasteiger partial charge in [0.1, 0.15) is 11.6 Å². The van der Waals surface area contributed by atoms with Gasteiger partial charge in [-0.15, -0.1) is 6.58 Å². The summed E-state index contributed by atoms with van der Waals surface area (Å²) in [4.78, 5) is 26.5. The van der Waals surface area contributed by atoms with E-state index in [1.807, 2.05) is 55.0 Å². The van der Waals surface area contributed by atoms with Crippen LogP contribution in [-0.4, -0.2) is 43.0 Å². The highest BCUT2D eigenvalue weighted by atomic mass is 28.4. The van der Waals surface area contributed by atoms with Crippen LogP contribution >= 0.6 is 0 Å². The Morgan fingerprint density at radius 3 is 2.21 bits per heavy atom. The normalized spacial score (nSPS) is 14.1. The van der Waals surface area contributed by atoms with E-state index in [1.165, 1.54) is 0 Å². The minimum atomic E-state index is -2.16. The highest BCUT2D eigenvalue weighted by Gasteiger charge is 2.39. The Balaban J connectivity index is 2.50. The van der Waals surface area contributed by atoms with E-state index < -0.39 is 31.6 Å². The summed E-state index contributed by atoms with van der Waals surface area (Å²) in [5.74, 6) is -0.209. The fraction of sp³-hybridized carbons (Fsp3) is 0.556. The van der Waals surface area contributed by atoms with Gasteiger partial charge < -0.3 is 19.0 Å². The highest BCUT2D eigenvalue weighted by Crippen LogP contribution is 2.37. The molecule has 1 atom stereocenters. The van der Waals surface area contributed by atoms with Gasteiger partial charge in [0.25, 0.3) is 0 Å². The number of nitrogens with zero attached hydrogens (tertiary/aromatic N) is 1. The van der Waals surface area contributed by atoms with Crippen molar-refractivity contribution in [1.82, 2.24) is 9.88 Å². The van der Waals surface area contributed by atoms with Gasteiger partial charge in [-0.05, 0) is 58.8 Å². The quantitative estimate of drug-likeness (QED) is 0.257. The van der Waals surface area contributed by atoms with Crippen LogP contribution in [0.2, 0.25) is 18.1 Å². The van der Waals surface area contributed by atoms with E-state index in [4.69, 9.17) is 9.16 Å². The van der Waals surface area contributed by atoms with E-state index in [0.29, 0.717) is 5.56 Å². The molecule has 0 bridgehead atoms. The molecule has 0 radical (unpaired) electrons. The molecule has 188 valence electrons. The molecule has 0 unspecified atom stereocenters. The lowest BCUT2D eigenvalue weighted by atomic mass is 10.0. The second-order valence-corrected chi connectivity index (χ2v) is 16.7. The van der Waals surface area contributed by atoms with Gasteiger partial charge >= 0.3 is 6.09 Å². The van der Waals surface area contributed by atoms with Crippen LogP contribution in [0.3, 0.4) is 0 Å². The molecule has 0 aliphatic heterocycles. The van der Waals surface area contributed by atoms with Crippen molar-refractivity contribution in [3.63, 3.8) is 0 Å². The Bertz CT molecular complexity index is 1050. The number of carbonyl (C=O) groups is 2. The third-order valence-electron chi connectivity index (χ3n) is 6.52. The molecular formula is C27H42N2O4Si. The summed E-state index contributed by atoms with van der Waals surface area (Å²) in [5, 5.41) is 3.57. The van der Waals surface area contributed by atoms with Crippen molar-refractivity contribution in [2.24, 2.45) is 0 Å². The maximum absolute atomic E-state index is 13.9. The smallest absolute Gasteiger partial charge is 0.408 e. The molecule has 0 aliphatic carbocycles. The summed E-state index contributed by atoms with van der Waals surface area (Å²) in [6, 6.07) is 6.89. The van der Waals surface area contributed by atoms with Gasteiger partial charge in [0.05, 0.1) is 12.1 Å². The van der Waals surface area contributed by atoms with Gasteiger partial charge in [-0.2, -0.15) is 0 Å². The Kier molecular flexibility index (Phi) is 7.95. The maximum atomic E-state index is 13.9. The molecule has 1 N–H and O–H groups in total. The number of para-hydroxylation sites is 1. The second kappa shape index (κ2) is 9.70. The minimum Gasteiger partial charge on any atom is -0.444 e. The minimum absolute atomic E-state index is 0.0312. The summed E-state index contributed by atoms with van der Waals surface area (Å²) in [5.41, 5.74) is 0.383. The fourth-order valence-corrected chi connectivity index (χ4v) is 4.30. The Hall–Kier alpha value is -2.38. The third kappa shape index (κ3) is 6.39. The van der Waals surface area contributed by atoms with Crippen LogP contribution in [-0.2, 0) is 14.7 Å². The maximum Gasteiger partial charge on any atom is 0.408 e. The van der Waals surface area contributed by atoms with Gasteiger partial charge in [0.2, 0.25) is 0 Å². The molecule has 0 fully saturated rings. The first-order valence-electron chi connectivity index (χ1n) is 11.8. The SMILES string of the molecule is C=CC(C)(C)n1cc(C(=O)[C@@H](CO[Si](C)(C)C(C)(C)C)NC(=O)OC(C)(C)C)c2ccccc21. The van der Waals surface area contributed by atoms with Crippen molar-refractivity contribution in [3.05, 3.63) is 48.7 Å². The van der Waals surface area contributed by atoms with E-state index in [-0.39, 0.29) is 17.4 Å². The topological polar surface area (TPSA) is 69.6 Å². The van der Waals surface area contributed by atoms with Crippen molar-refractivity contribution in [3.8, 4) is 0 Å². The molecule has 2 aromatic rings.